The number of hydrogen-bond acceptors (Lipinski definition) is 4. The summed E-state index contributed by atoms with van der Waals surface area (Å²) in [5, 5.41) is 10.8. The number of unbranched alkanes of at least 4 members (excludes halogenated alkanes) is 9. The maximum absolute atomic E-state index is 3.64. The maximum atomic E-state index is 3.64. The van der Waals surface area contributed by atoms with Crippen LogP contribution in [0.25, 0.3) is 0 Å². The van der Waals surface area contributed by atoms with E-state index in [1.807, 2.05) is 0 Å². The van der Waals surface area contributed by atoms with Gasteiger partial charge >= 0.3 is 0 Å². The molecule has 4 heteroatoms. The lowest BCUT2D eigenvalue weighted by Crippen LogP contribution is -2.45. The Balaban J connectivity index is 2.42. The number of hydrogen-bond donors (Lipinski definition) is 3. The van der Waals surface area contributed by atoms with Crippen LogP contribution in [-0.2, 0) is 0 Å². The van der Waals surface area contributed by atoms with E-state index in [0.29, 0.717) is 0 Å². The van der Waals surface area contributed by atoms with Crippen LogP contribution in [0.1, 0.15) is 97.3 Å². The van der Waals surface area contributed by atoms with E-state index in [9.17, 15) is 0 Å². The van der Waals surface area contributed by atoms with Gasteiger partial charge in [-0.2, -0.15) is 0 Å². The Kier molecular flexibility index (Phi) is 18.6. The maximum Gasteiger partial charge on any atom is 0.0110 e. The van der Waals surface area contributed by atoms with Crippen LogP contribution in [0, 0.1) is 0 Å². The van der Waals surface area contributed by atoms with Gasteiger partial charge < -0.3 is 16.0 Å². The van der Waals surface area contributed by atoms with Gasteiger partial charge in [0.05, 0.1) is 0 Å². The van der Waals surface area contributed by atoms with E-state index in [4.69, 9.17) is 0 Å². The molecule has 0 aromatic heterocycles. The molecular weight excluding hydrogens is 344 g/mol. The molecule has 3 N–H and O–H groups in total. The zero-order valence-corrected chi connectivity index (χ0v) is 19.4. The fourth-order valence-electron chi connectivity index (χ4n) is 4.30. The van der Waals surface area contributed by atoms with E-state index in [2.05, 4.69) is 34.7 Å². The minimum atomic E-state index is 0.789. The van der Waals surface area contributed by atoms with Crippen LogP contribution in [0.3, 0.4) is 0 Å². The van der Waals surface area contributed by atoms with Crippen LogP contribution in [0.15, 0.2) is 0 Å². The quantitative estimate of drug-likeness (QED) is 0.377. The Hall–Kier alpha value is -0.160. The summed E-state index contributed by atoms with van der Waals surface area (Å²) in [6.45, 7) is 13.6. The average Bonchev–Trinajstić information content (AvgIpc) is 2.69. The minimum Gasteiger partial charge on any atom is -0.314 e. The van der Waals surface area contributed by atoms with Gasteiger partial charge in [0.15, 0.2) is 0 Å². The second kappa shape index (κ2) is 20.1. The van der Waals surface area contributed by atoms with E-state index in [0.717, 1.165) is 45.3 Å². The normalized spacial score (nSPS) is 19.1. The second-order valence-corrected chi connectivity index (χ2v) is 8.70. The average molecular weight is 397 g/mol. The highest BCUT2D eigenvalue weighted by Crippen LogP contribution is 2.18. The summed E-state index contributed by atoms with van der Waals surface area (Å²) < 4.78 is 0. The molecule has 0 saturated carbocycles. The first kappa shape index (κ1) is 25.9. The SMILES string of the molecule is CCCCCCCCCC(CCCCCC)N1CCNCCNCCNCC1. The Morgan fingerprint density at radius 2 is 0.929 bits per heavy atom. The summed E-state index contributed by atoms with van der Waals surface area (Å²) in [5.74, 6) is 0. The van der Waals surface area contributed by atoms with Gasteiger partial charge in [-0.3, -0.25) is 4.90 Å². The van der Waals surface area contributed by atoms with Gasteiger partial charge in [-0.1, -0.05) is 84.5 Å². The number of nitrogens with one attached hydrogen (secondary N) is 3. The van der Waals surface area contributed by atoms with Gasteiger partial charge in [0.25, 0.3) is 0 Å². The molecule has 1 saturated heterocycles. The summed E-state index contributed by atoms with van der Waals surface area (Å²) in [6.07, 6.45) is 18.3. The van der Waals surface area contributed by atoms with Gasteiger partial charge in [0.2, 0.25) is 0 Å². The highest BCUT2D eigenvalue weighted by Gasteiger charge is 2.17. The van der Waals surface area contributed by atoms with Crippen molar-refractivity contribution in [1.29, 1.82) is 0 Å². The van der Waals surface area contributed by atoms with E-state index < -0.39 is 0 Å². The lowest BCUT2D eigenvalue weighted by molar-refractivity contribution is 0.171. The van der Waals surface area contributed by atoms with E-state index >= 15 is 0 Å². The van der Waals surface area contributed by atoms with Crippen molar-refractivity contribution in [3.63, 3.8) is 0 Å². The lowest BCUT2D eigenvalue weighted by atomic mass is 9.99. The first-order valence-electron chi connectivity index (χ1n) is 12.7. The molecule has 0 amide bonds. The zero-order valence-electron chi connectivity index (χ0n) is 19.4. The van der Waals surface area contributed by atoms with Gasteiger partial charge in [-0.15, -0.1) is 0 Å². The van der Waals surface area contributed by atoms with Crippen molar-refractivity contribution in [1.82, 2.24) is 20.9 Å². The predicted molar refractivity (Wildman–Crippen MR) is 125 cm³/mol. The Labute approximate surface area is 177 Å². The molecule has 0 bridgehead atoms. The molecule has 28 heavy (non-hydrogen) atoms. The molecule has 0 aromatic carbocycles. The highest BCUT2D eigenvalue weighted by molar-refractivity contribution is 4.75. The molecule has 4 nitrogen and oxygen atoms in total. The van der Waals surface area contributed by atoms with Crippen LogP contribution >= 0.6 is 0 Å². The van der Waals surface area contributed by atoms with Crippen molar-refractivity contribution in [2.45, 2.75) is 103 Å². The summed E-state index contributed by atoms with van der Waals surface area (Å²) in [6, 6.07) is 0.789. The topological polar surface area (TPSA) is 39.3 Å². The first-order valence-corrected chi connectivity index (χ1v) is 12.7. The third-order valence-electron chi connectivity index (χ3n) is 6.16. The molecule has 1 aliphatic rings. The van der Waals surface area contributed by atoms with Gasteiger partial charge in [0.1, 0.15) is 0 Å². The molecule has 0 aliphatic carbocycles. The fourth-order valence-corrected chi connectivity index (χ4v) is 4.30. The molecule has 0 radical (unpaired) electrons. The number of rotatable bonds is 14. The third kappa shape index (κ3) is 14.8. The monoisotopic (exact) mass is 396 g/mol. The largest absolute Gasteiger partial charge is 0.314 e. The molecule has 0 spiro atoms. The summed E-state index contributed by atoms with van der Waals surface area (Å²) >= 11 is 0. The van der Waals surface area contributed by atoms with Crippen molar-refractivity contribution < 1.29 is 0 Å². The molecule has 1 aliphatic heterocycles. The molecule has 0 aromatic rings. The van der Waals surface area contributed by atoms with Crippen molar-refractivity contribution in [3.05, 3.63) is 0 Å². The predicted octanol–water partition coefficient (Wildman–Crippen LogP) is 4.55. The van der Waals surface area contributed by atoms with Crippen molar-refractivity contribution in [2.75, 3.05) is 52.4 Å². The van der Waals surface area contributed by atoms with E-state index in [1.165, 1.54) is 96.6 Å². The van der Waals surface area contributed by atoms with E-state index in [-0.39, 0.29) is 0 Å². The third-order valence-corrected chi connectivity index (χ3v) is 6.16. The standard InChI is InChI=1S/C24H52N4/c1-3-5-7-9-10-11-13-15-24(14-12-8-6-4-2)28-22-20-26-18-16-25-17-19-27-21-23-28/h24-27H,3-23H2,1-2H3. The van der Waals surface area contributed by atoms with Crippen LogP contribution in [-0.4, -0.2) is 63.3 Å². The number of nitrogens with zero attached hydrogens (tertiary/aromatic N) is 1. The lowest BCUT2D eigenvalue weighted by Gasteiger charge is -2.33. The van der Waals surface area contributed by atoms with Crippen molar-refractivity contribution in [3.8, 4) is 0 Å². The smallest absolute Gasteiger partial charge is 0.0110 e. The molecule has 1 rings (SSSR count). The molecular formula is C24H52N4. The summed E-state index contributed by atoms with van der Waals surface area (Å²) in [5.41, 5.74) is 0. The highest BCUT2D eigenvalue weighted by atomic mass is 15.2. The van der Waals surface area contributed by atoms with Crippen molar-refractivity contribution in [2.24, 2.45) is 0 Å². The fraction of sp³-hybridized carbons (Fsp3) is 1.00. The van der Waals surface area contributed by atoms with E-state index in [1.54, 1.807) is 0 Å². The van der Waals surface area contributed by atoms with Crippen LogP contribution in [0.4, 0.5) is 0 Å². The second-order valence-electron chi connectivity index (χ2n) is 8.70. The minimum absolute atomic E-state index is 0.789. The van der Waals surface area contributed by atoms with Gasteiger partial charge in [0, 0.05) is 58.4 Å². The van der Waals surface area contributed by atoms with Crippen LogP contribution in [0.5, 0.6) is 0 Å². The molecule has 1 fully saturated rings. The molecule has 1 unspecified atom stereocenters. The van der Waals surface area contributed by atoms with Gasteiger partial charge in [-0.05, 0) is 12.8 Å². The molecule has 1 atom stereocenters. The summed E-state index contributed by atoms with van der Waals surface area (Å²) in [7, 11) is 0. The van der Waals surface area contributed by atoms with Crippen LogP contribution < -0.4 is 16.0 Å². The first-order chi connectivity index (χ1) is 13.9. The molecule has 168 valence electrons. The summed E-state index contributed by atoms with van der Waals surface area (Å²) in [4.78, 5) is 2.80. The Morgan fingerprint density at radius 1 is 0.536 bits per heavy atom. The van der Waals surface area contributed by atoms with Crippen molar-refractivity contribution >= 4 is 0 Å². The van der Waals surface area contributed by atoms with Gasteiger partial charge in [-0.25, -0.2) is 0 Å². The van der Waals surface area contributed by atoms with Crippen LogP contribution in [0.2, 0.25) is 0 Å². The molecule has 1 heterocycles. The Morgan fingerprint density at radius 3 is 1.43 bits per heavy atom. The zero-order chi connectivity index (χ0) is 20.1. The Bertz CT molecular complexity index is 299.